The second-order valence-electron chi connectivity index (χ2n) is 8.33. The lowest BCUT2D eigenvalue weighted by molar-refractivity contribution is -0.137. The molecule has 0 aliphatic carbocycles. The minimum atomic E-state index is -4.59. The lowest BCUT2D eigenvalue weighted by Gasteiger charge is -2.38. The van der Waals surface area contributed by atoms with Crippen molar-refractivity contribution < 1.29 is 21.6 Å². The molecule has 2 aliphatic heterocycles. The zero-order valence-electron chi connectivity index (χ0n) is 17.6. The van der Waals surface area contributed by atoms with Crippen molar-refractivity contribution in [3.8, 4) is 0 Å². The maximum atomic E-state index is 13.1. The molecule has 5 nitrogen and oxygen atoms in total. The van der Waals surface area contributed by atoms with E-state index < -0.39 is 21.8 Å². The van der Waals surface area contributed by atoms with E-state index in [2.05, 4.69) is 23.6 Å². The van der Waals surface area contributed by atoms with E-state index in [1.807, 2.05) is 18.2 Å². The molecule has 2 aromatic carbocycles. The second kappa shape index (κ2) is 8.11. The molecule has 0 spiro atoms. The maximum absolute atomic E-state index is 13.1. The van der Waals surface area contributed by atoms with Crippen LogP contribution in [0.3, 0.4) is 0 Å². The van der Waals surface area contributed by atoms with E-state index in [4.69, 9.17) is 0 Å². The fourth-order valence-electron chi connectivity index (χ4n) is 4.30. The summed E-state index contributed by atoms with van der Waals surface area (Å²) in [5, 5.41) is 0. The SMILES string of the molecule is CC(C)N1CCN(c2cccc3c2CN(S(=O)(=O)c2cccc(C(F)(F)F)c2)C3)CC1. The number of alkyl halides is 3. The molecule has 1 fully saturated rings. The summed E-state index contributed by atoms with van der Waals surface area (Å²) >= 11 is 0. The van der Waals surface area contributed by atoms with Gasteiger partial charge in [-0.15, -0.1) is 0 Å². The summed E-state index contributed by atoms with van der Waals surface area (Å²) < 4.78 is 66.7. The van der Waals surface area contributed by atoms with E-state index in [1.54, 1.807) is 0 Å². The molecule has 0 amide bonds. The molecule has 9 heteroatoms. The van der Waals surface area contributed by atoms with Crippen molar-refractivity contribution in [2.45, 2.75) is 44.1 Å². The van der Waals surface area contributed by atoms with Gasteiger partial charge in [0.1, 0.15) is 0 Å². The molecule has 4 rings (SSSR count). The third-order valence-corrected chi connectivity index (χ3v) is 7.90. The number of piperazine rings is 1. The molecule has 0 unspecified atom stereocenters. The van der Waals surface area contributed by atoms with Crippen LogP contribution < -0.4 is 4.90 Å². The first-order chi connectivity index (χ1) is 14.6. The quantitative estimate of drug-likeness (QED) is 0.704. The summed E-state index contributed by atoms with van der Waals surface area (Å²) in [6.07, 6.45) is -4.59. The van der Waals surface area contributed by atoms with Crippen LogP contribution in [0.5, 0.6) is 0 Å². The van der Waals surface area contributed by atoms with Gasteiger partial charge in [-0.2, -0.15) is 17.5 Å². The van der Waals surface area contributed by atoms with Crippen LogP contribution >= 0.6 is 0 Å². The average Bonchev–Trinajstić information content (AvgIpc) is 3.18. The molecule has 1 saturated heterocycles. The number of sulfonamides is 1. The van der Waals surface area contributed by atoms with Gasteiger partial charge in [-0.05, 0) is 49.2 Å². The maximum Gasteiger partial charge on any atom is 0.416 e. The highest BCUT2D eigenvalue weighted by Gasteiger charge is 2.36. The number of nitrogens with zero attached hydrogens (tertiary/aromatic N) is 3. The van der Waals surface area contributed by atoms with E-state index >= 15 is 0 Å². The summed E-state index contributed by atoms with van der Waals surface area (Å²) in [7, 11) is -4.05. The van der Waals surface area contributed by atoms with E-state index in [0.29, 0.717) is 12.1 Å². The van der Waals surface area contributed by atoms with Gasteiger partial charge in [0.05, 0.1) is 10.5 Å². The van der Waals surface area contributed by atoms with Crippen LogP contribution in [0.2, 0.25) is 0 Å². The molecular formula is C22H26F3N3O2S. The Hall–Kier alpha value is -2.10. The van der Waals surface area contributed by atoms with Crippen LogP contribution in [0.4, 0.5) is 18.9 Å². The van der Waals surface area contributed by atoms with Crippen molar-refractivity contribution in [3.63, 3.8) is 0 Å². The largest absolute Gasteiger partial charge is 0.416 e. The summed E-state index contributed by atoms with van der Waals surface area (Å²) in [4.78, 5) is 4.35. The van der Waals surface area contributed by atoms with Crippen LogP contribution in [0.25, 0.3) is 0 Å². The molecule has 0 aromatic heterocycles. The summed E-state index contributed by atoms with van der Waals surface area (Å²) in [5.74, 6) is 0. The Bertz CT molecular complexity index is 1060. The van der Waals surface area contributed by atoms with Gasteiger partial charge in [0.15, 0.2) is 0 Å². The minimum Gasteiger partial charge on any atom is -0.369 e. The van der Waals surface area contributed by atoms with Crippen molar-refractivity contribution in [3.05, 3.63) is 59.2 Å². The van der Waals surface area contributed by atoms with Crippen molar-refractivity contribution in [1.82, 2.24) is 9.21 Å². The van der Waals surface area contributed by atoms with Crippen LogP contribution in [0.1, 0.15) is 30.5 Å². The monoisotopic (exact) mass is 453 g/mol. The summed E-state index contributed by atoms with van der Waals surface area (Å²) in [6, 6.07) is 10.3. The molecule has 2 heterocycles. The Labute approximate surface area is 181 Å². The Morgan fingerprint density at radius 3 is 2.26 bits per heavy atom. The topological polar surface area (TPSA) is 43.9 Å². The zero-order chi connectivity index (χ0) is 22.4. The molecule has 168 valence electrons. The second-order valence-corrected chi connectivity index (χ2v) is 10.3. The molecule has 31 heavy (non-hydrogen) atoms. The highest BCUT2D eigenvalue weighted by molar-refractivity contribution is 7.89. The smallest absolute Gasteiger partial charge is 0.369 e. The lowest BCUT2D eigenvalue weighted by atomic mass is 10.1. The number of hydrogen-bond donors (Lipinski definition) is 0. The van der Waals surface area contributed by atoms with E-state index in [9.17, 15) is 21.6 Å². The number of fused-ring (bicyclic) bond motifs is 1. The van der Waals surface area contributed by atoms with E-state index in [1.165, 1.54) is 10.4 Å². The fraction of sp³-hybridized carbons (Fsp3) is 0.455. The van der Waals surface area contributed by atoms with E-state index in [0.717, 1.165) is 55.1 Å². The van der Waals surface area contributed by atoms with Gasteiger partial charge in [0.2, 0.25) is 10.0 Å². The summed E-state index contributed by atoms with van der Waals surface area (Å²) in [6.45, 7) is 8.26. The van der Waals surface area contributed by atoms with E-state index in [-0.39, 0.29) is 18.0 Å². The number of rotatable bonds is 4. The third kappa shape index (κ3) is 4.31. The normalized spacial score (nSPS) is 18.6. The van der Waals surface area contributed by atoms with Gasteiger partial charge >= 0.3 is 6.18 Å². The average molecular weight is 454 g/mol. The fourth-order valence-corrected chi connectivity index (χ4v) is 5.73. The highest BCUT2D eigenvalue weighted by Crippen LogP contribution is 2.36. The molecule has 0 radical (unpaired) electrons. The van der Waals surface area contributed by atoms with Crippen molar-refractivity contribution >= 4 is 15.7 Å². The number of hydrogen-bond acceptors (Lipinski definition) is 4. The van der Waals surface area contributed by atoms with Crippen molar-refractivity contribution in [1.29, 1.82) is 0 Å². The summed E-state index contributed by atoms with van der Waals surface area (Å²) in [5.41, 5.74) is 1.90. The van der Waals surface area contributed by atoms with Gasteiger partial charge in [-0.1, -0.05) is 18.2 Å². The zero-order valence-corrected chi connectivity index (χ0v) is 18.4. The van der Waals surface area contributed by atoms with Gasteiger partial charge < -0.3 is 4.90 Å². The van der Waals surface area contributed by atoms with Gasteiger partial charge in [-0.25, -0.2) is 8.42 Å². The van der Waals surface area contributed by atoms with Crippen LogP contribution in [-0.4, -0.2) is 49.8 Å². The van der Waals surface area contributed by atoms with Crippen LogP contribution in [0, 0.1) is 0 Å². The van der Waals surface area contributed by atoms with Crippen molar-refractivity contribution in [2.75, 3.05) is 31.1 Å². The highest BCUT2D eigenvalue weighted by atomic mass is 32.2. The van der Waals surface area contributed by atoms with Gasteiger partial charge in [-0.3, -0.25) is 4.90 Å². The third-order valence-electron chi connectivity index (χ3n) is 6.11. The Kier molecular flexibility index (Phi) is 5.78. The van der Waals surface area contributed by atoms with Crippen molar-refractivity contribution in [2.24, 2.45) is 0 Å². The predicted molar refractivity (Wildman–Crippen MR) is 113 cm³/mol. The molecule has 2 aliphatic rings. The molecule has 0 N–H and O–H groups in total. The molecular weight excluding hydrogens is 427 g/mol. The predicted octanol–water partition coefficient (Wildman–Crippen LogP) is 3.94. The molecule has 0 bridgehead atoms. The minimum absolute atomic E-state index is 0.160. The first-order valence-corrected chi connectivity index (χ1v) is 11.8. The molecule has 2 aromatic rings. The number of anilines is 1. The van der Waals surface area contributed by atoms with Gasteiger partial charge in [0.25, 0.3) is 0 Å². The molecule has 0 atom stereocenters. The number of benzene rings is 2. The first kappa shape index (κ1) is 22.1. The standard InChI is InChI=1S/C22H26F3N3O2S/c1-16(2)26-9-11-27(12-10-26)21-8-3-5-17-14-28(15-20(17)21)31(29,30)19-7-4-6-18(13-19)22(23,24)25/h3-8,13,16H,9-12,14-15H2,1-2H3. The lowest BCUT2D eigenvalue weighted by Crippen LogP contribution is -2.49. The Morgan fingerprint density at radius 1 is 0.935 bits per heavy atom. The van der Waals surface area contributed by atoms with Crippen LogP contribution in [-0.2, 0) is 29.3 Å². The molecule has 0 saturated carbocycles. The number of halogens is 3. The van der Waals surface area contributed by atoms with Crippen LogP contribution in [0.15, 0.2) is 47.4 Å². The first-order valence-electron chi connectivity index (χ1n) is 10.3. The Balaban J connectivity index is 1.57. The van der Waals surface area contributed by atoms with Gasteiger partial charge in [0, 0.05) is 51.0 Å². The Morgan fingerprint density at radius 2 is 1.61 bits per heavy atom.